The number of carbonyl (C=O) groups is 2. The van der Waals surface area contributed by atoms with Crippen LogP contribution in [0.5, 0.6) is 23.0 Å². The van der Waals surface area contributed by atoms with Gasteiger partial charge in [0, 0.05) is 11.9 Å². The van der Waals surface area contributed by atoms with Crippen LogP contribution in [0.2, 0.25) is 0 Å². The number of hydrogen-bond acceptors (Lipinski definition) is 7. The fraction of sp³-hybridized carbons (Fsp3) is 0.130. The minimum atomic E-state index is -0.361. The molecule has 3 aromatic carbocycles. The van der Waals surface area contributed by atoms with E-state index in [1.807, 2.05) is 18.2 Å². The highest BCUT2D eigenvalue weighted by Gasteiger charge is 2.37. The molecule has 0 atom stereocenters. The number of amides is 2. The first-order valence-electron chi connectivity index (χ1n) is 9.43. The molecule has 0 aliphatic carbocycles. The van der Waals surface area contributed by atoms with Crippen LogP contribution in [0.15, 0.2) is 59.5 Å². The Hall–Kier alpha value is -3.65. The Labute approximate surface area is 182 Å². The SMILES string of the molecule is COc1cccc2c1-c1c(ccc(SN3C(=O)c4ccccc4C3=O)c1OC)OCO2. The number of hydrogen-bond donors (Lipinski definition) is 0. The van der Waals surface area contributed by atoms with Crippen LogP contribution in [-0.4, -0.2) is 37.1 Å². The maximum absolute atomic E-state index is 12.8. The van der Waals surface area contributed by atoms with Crippen molar-refractivity contribution in [3.63, 3.8) is 0 Å². The van der Waals surface area contributed by atoms with Crippen LogP contribution >= 0.6 is 11.9 Å². The first kappa shape index (κ1) is 19.3. The van der Waals surface area contributed by atoms with Crippen molar-refractivity contribution in [1.29, 1.82) is 0 Å². The standard InChI is InChI=1S/C23H17NO6S/c1-27-15-8-5-9-16-19(15)20-17(30-12-29-16)10-11-18(21(20)28-2)31-24-22(25)13-6-3-4-7-14(13)23(24)26/h3-11H,12H2,1-2H3. The number of benzene rings is 3. The second-order valence-electron chi connectivity index (χ2n) is 6.75. The van der Waals surface area contributed by atoms with Crippen molar-refractivity contribution in [3.05, 3.63) is 65.7 Å². The Morgan fingerprint density at radius 3 is 2.13 bits per heavy atom. The van der Waals surface area contributed by atoms with Crippen molar-refractivity contribution in [2.75, 3.05) is 21.0 Å². The minimum absolute atomic E-state index is 0.0290. The van der Waals surface area contributed by atoms with Crippen molar-refractivity contribution in [2.45, 2.75) is 4.90 Å². The summed E-state index contributed by atoms with van der Waals surface area (Å²) in [6, 6.07) is 15.8. The van der Waals surface area contributed by atoms with E-state index in [1.165, 1.54) is 7.11 Å². The van der Waals surface area contributed by atoms with E-state index >= 15 is 0 Å². The smallest absolute Gasteiger partial charge is 0.272 e. The third-order valence-corrected chi connectivity index (χ3v) is 6.15. The van der Waals surface area contributed by atoms with Gasteiger partial charge in [0.25, 0.3) is 11.8 Å². The van der Waals surface area contributed by atoms with Crippen molar-refractivity contribution in [2.24, 2.45) is 0 Å². The zero-order valence-electron chi connectivity index (χ0n) is 16.7. The van der Waals surface area contributed by atoms with E-state index in [1.54, 1.807) is 43.5 Å². The van der Waals surface area contributed by atoms with Gasteiger partial charge in [0.05, 0.1) is 41.4 Å². The summed E-state index contributed by atoms with van der Waals surface area (Å²) in [7, 11) is 3.10. The molecule has 0 radical (unpaired) electrons. The first-order valence-corrected chi connectivity index (χ1v) is 10.2. The fourth-order valence-corrected chi connectivity index (χ4v) is 4.69. The van der Waals surface area contributed by atoms with Crippen LogP contribution in [0.3, 0.4) is 0 Å². The normalized spacial score (nSPS) is 14.1. The largest absolute Gasteiger partial charge is 0.496 e. The number of nitrogens with zero attached hydrogens (tertiary/aromatic N) is 1. The molecule has 156 valence electrons. The van der Waals surface area contributed by atoms with Crippen molar-refractivity contribution in [3.8, 4) is 34.1 Å². The Balaban J connectivity index is 1.63. The molecule has 0 saturated heterocycles. The number of ether oxygens (including phenoxy) is 4. The molecule has 2 heterocycles. The van der Waals surface area contributed by atoms with Crippen LogP contribution < -0.4 is 18.9 Å². The molecule has 0 N–H and O–H groups in total. The summed E-state index contributed by atoms with van der Waals surface area (Å²) in [5.74, 6) is 1.45. The Morgan fingerprint density at radius 1 is 0.806 bits per heavy atom. The van der Waals surface area contributed by atoms with Gasteiger partial charge in [0.2, 0.25) is 6.79 Å². The van der Waals surface area contributed by atoms with Crippen molar-refractivity contribution in [1.82, 2.24) is 4.31 Å². The maximum atomic E-state index is 12.8. The molecule has 2 amide bonds. The van der Waals surface area contributed by atoms with Gasteiger partial charge in [-0.1, -0.05) is 18.2 Å². The van der Waals surface area contributed by atoms with E-state index in [0.29, 0.717) is 50.1 Å². The van der Waals surface area contributed by atoms with Crippen LogP contribution in [0.4, 0.5) is 0 Å². The van der Waals surface area contributed by atoms with E-state index in [4.69, 9.17) is 18.9 Å². The van der Waals surface area contributed by atoms with Gasteiger partial charge in [-0.25, -0.2) is 4.31 Å². The van der Waals surface area contributed by atoms with Crippen molar-refractivity contribution < 1.29 is 28.5 Å². The Bertz CT molecular complexity index is 1190. The van der Waals surface area contributed by atoms with Gasteiger partial charge in [-0.15, -0.1) is 0 Å². The molecule has 0 spiro atoms. The molecule has 2 aliphatic rings. The molecule has 8 heteroatoms. The summed E-state index contributed by atoms with van der Waals surface area (Å²) < 4.78 is 24.0. The van der Waals surface area contributed by atoms with Gasteiger partial charge in [0.1, 0.15) is 23.0 Å². The summed E-state index contributed by atoms with van der Waals surface area (Å²) in [4.78, 5) is 26.2. The number of carbonyl (C=O) groups excluding carboxylic acids is 2. The predicted octanol–water partition coefficient (Wildman–Crippen LogP) is 4.40. The third kappa shape index (κ3) is 2.98. The number of fused-ring (bicyclic) bond motifs is 4. The highest BCUT2D eigenvalue weighted by Crippen LogP contribution is 2.52. The predicted molar refractivity (Wildman–Crippen MR) is 114 cm³/mol. The Kier molecular flexibility index (Phi) is 4.71. The third-order valence-electron chi connectivity index (χ3n) is 5.12. The van der Waals surface area contributed by atoms with Gasteiger partial charge in [-0.2, -0.15) is 0 Å². The monoisotopic (exact) mass is 435 g/mol. The fourth-order valence-electron chi connectivity index (χ4n) is 3.73. The topological polar surface area (TPSA) is 74.3 Å². The summed E-state index contributed by atoms with van der Waals surface area (Å²) in [6.07, 6.45) is 0. The quantitative estimate of drug-likeness (QED) is 0.444. The lowest BCUT2D eigenvalue weighted by atomic mass is 10.0. The van der Waals surface area contributed by atoms with E-state index in [2.05, 4.69) is 0 Å². The summed E-state index contributed by atoms with van der Waals surface area (Å²) >= 11 is 1.02. The number of methoxy groups -OCH3 is 2. The van der Waals surface area contributed by atoms with Gasteiger partial charge in [-0.05, 0) is 36.4 Å². The summed E-state index contributed by atoms with van der Waals surface area (Å²) in [5.41, 5.74) is 2.09. The van der Waals surface area contributed by atoms with Crippen LogP contribution in [0.1, 0.15) is 20.7 Å². The zero-order valence-corrected chi connectivity index (χ0v) is 17.5. The van der Waals surface area contributed by atoms with Gasteiger partial charge >= 0.3 is 0 Å². The molecule has 0 fully saturated rings. The van der Waals surface area contributed by atoms with Crippen molar-refractivity contribution >= 4 is 23.8 Å². The van der Waals surface area contributed by atoms with E-state index < -0.39 is 0 Å². The van der Waals surface area contributed by atoms with E-state index in [-0.39, 0.29) is 18.6 Å². The van der Waals surface area contributed by atoms with Crippen LogP contribution in [-0.2, 0) is 0 Å². The molecule has 31 heavy (non-hydrogen) atoms. The molecule has 5 rings (SSSR count). The van der Waals surface area contributed by atoms with E-state index in [9.17, 15) is 9.59 Å². The average molecular weight is 435 g/mol. The highest BCUT2D eigenvalue weighted by molar-refractivity contribution is 7.98. The van der Waals surface area contributed by atoms with E-state index in [0.717, 1.165) is 16.3 Å². The lowest BCUT2D eigenvalue weighted by Crippen LogP contribution is -2.22. The average Bonchev–Trinajstić information content (AvgIpc) is 2.94. The minimum Gasteiger partial charge on any atom is -0.496 e. The lowest BCUT2D eigenvalue weighted by molar-refractivity contribution is 0.0777. The molecule has 0 bridgehead atoms. The first-order chi connectivity index (χ1) is 15.1. The second-order valence-corrected chi connectivity index (χ2v) is 7.74. The molecule has 2 aliphatic heterocycles. The molecule has 0 unspecified atom stereocenters. The molecule has 7 nitrogen and oxygen atoms in total. The van der Waals surface area contributed by atoms with Gasteiger partial charge in [0.15, 0.2) is 0 Å². The lowest BCUT2D eigenvalue weighted by Gasteiger charge is -2.19. The highest BCUT2D eigenvalue weighted by atomic mass is 32.2. The maximum Gasteiger partial charge on any atom is 0.272 e. The van der Waals surface area contributed by atoms with Gasteiger partial charge < -0.3 is 18.9 Å². The zero-order chi connectivity index (χ0) is 21.5. The second kappa shape index (κ2) is 7.55. The number of imide groups is 1. The molecule has 0 saturated carbocycles. The molecule has 0 aromatic heterocycles. The molecular formula is C23H17NO6S. The summed E-state index contributed by atoms with van der Waals surface area (Å²) in [5, 5.41) is 0. The van der Waals surface area contributed by atoms with Gasteiger partial charge in [-0.3, -0.25) is 9.59 Å². The molecule has 3 aromatic rings. The van der Waals surface area contributed by atoms with Crippen LogP contribution in [0.25, 0.3) is 11.1 Å². The number of rotatable bonds is 4. The molecular weight excluding hydrogens is 418 g/mol. The van der Waals surface area contributed by atoms with Crippen LogP contribution in [0, 0.1) is 0 Å². The summed E-state index contributed by atoms with van der Waals surface area (Å²) in [6.45, 7) is 0.0290. The Morgan fingerprint density at radius 2 is 1.48 bits per heavy atom.